The van der Waals surface area contributed by atoms with Crippen molar-refractivity contribution in [2.45, 2.75) is 19.3 Å². The molecule has 0 fully saturated rings. The van der Waals surface area contributed by atoms with Gasteiger partial charge in [-0.25, -0.2) is 0 Å². The van der Waals surface area contributed by atoms with E-state index in [0.29, 0.717) is 0 Å². The van der Waals surface area contributed by atoms with Gasteiger partial charge in [-0.2, -0.15) is 0 Å². The maximum absolute atomic E-state index is 6.43. The number of anilines is 3. The molecule has 0 amide bonds. The van der Waals surface area contributed by atoms with Gasteiger partial charge in [0.05, 0.1) is 0 Å². The zero-order valence-electron chi connectivity index (χ0n) is 30.8. The number of hydrogen-bond donors (Lipinski definition) is 0. The van der Waals surface area contributed by atoms with Gasteiger partial charge in [-0.3, -0.25) is 0 Å². The Morgan fingerprint density at radius 3 is 1.95 bits per heavy atom. The monoisotopic (exact) mass is 703 g/mol. The standard InChI is InChI=1S/C53H37NO/c1-53(2)49-19-7-5-16-44(49)48-33-41(28-30-50(48)53)54(40-14-9-13-38(31-40)43-18-10-12-35-11-3-4-15-42(35)43)39-26-23-34(24-27-39)37-22-21-36-25-29-46-45-17-6-8-20-51(45)55-52(46)47(36)32-37/h3-33H,1-2H3. The summed E-state index contributed by atoms with van der Waals surface area (Å²) in [6, 6.07) is 68.5. The Labute approximate surface area is 320 Å². The molecule has 0 bridgehead atoms. The second kappa shape index (κ2) is 12.1. The lowest BCUT2D eigenvalue weighted by molar-refractivity contribution is 0.660. The molecule has 2 nitrogen and oxygen atoms in total. The number of furan rings is 1. The second-order valence-electron chi connectivity index (χ2n) is 15.3. The maximum atomic E-state index is 6.43. The fraction of sp³-hybridized carbons (Fsp3) is 0.0566. The Kier molecular flexibility index (Phi) is 6.93. The Morgan fingerprint density at radius 1 is 0.382 bits per heavy atom. The van der Waals surface area contributed by atoms with Gasteiger partial charge in [-0.1, -0.05) is 147 Å². The van der Waals surface area contributed by atoms with Crippen molar-refractivity contribution in [2.24, 2.45) is 0 Å². The molecule has 260 valence electrons. The van der Waals surface area contributed by atoms with Gasteiger partial charge >= 0.3 is 0 Å². The summed E-state index contributed by atoms with van der Waals surface area (Å²) in [6.45, 7) is 4.68. The van der Waals surface area contributed by atoms with Gasteiger partial charge in [0.1, 0.15) is 11.2 Å². The summed E-state index contributed by atoms with van der Waals surface area (Å²) in [6.07, 6.45) is 0. The molecule has 0 N–H and O–H groups in total. The highest BCUT2D eigenvalue weighted by atomic mass is 16.3. The highest BCUT2D eigenvalue weighted by molar-refractivity contribution is 6.15. The molecule has 0 unspecified atom stereocenters. The zero-order chi connectivity index (χ0) is 36.7. The lowest BCUT2D eigenvalue weighted by Gasteiger charge is -2.28. The molecule has 0 atom stereocenters. The van der Waals surface area contributed by atoms with E-state index in [9.17, 15) is 0 Å². The summed E-state index contributed by atoms with van der Waals surface area (Å²) in [5.74, 6) is 0. The van der Waals surface area contributed by atoms with Crippen LogP contribution in [0.5, 0.6) is 0 Å². The van der Waals surface area contributed by atoms with Crippen molar-refractivity contribution in [3.05, 3.63) is 199 Å². The summed E-state index contributed by atoms with van der Waals surface area (Å²) in [4.78, 5) is 2.41. The minimum atomic E-state index is -0.0565. The SMILES string of the molecule is CC1(C)c2ccccc2-c2cc(N(c3ccc(-c4ccc5ccc6c7ccccc7oc6c5c4)cc3)c3cccc(-c4cccc5ccccc45)c3)ccc21. The quantitative estimate of drug-likeness (QED) is 0.177. The first-order valence-electron chi connectivity index (χ1n) is 19.1. The van der Waals surface area contributed by atoms with Gasteiger partial charge in [0.2, 0.25) is 0 Å². The smallest absolute Gasteiger partial charge is 0.143 e. The van der Waals surface area contributed by atoms with Crippen LogP contribution in [0.2, 0.25) is 0 Å². The number of para-hydroxylation sites is 1. The highest BCUT2D eigenvalue weighted by Gasteiger charge is 2.35. The van der Waals surface area contributed by atoms with Crippen molar-refractivity contribution >= 4 is 60.5 Å². The maximum Gasteiger partial charge on any atom is 0.143 e. The second-order valence-corrected chi connectivity index (χ2v) is 15.3. The van der Waals surface area contributed by atoms with Crippen molar-refractivity contribution in [3.8, 4) is 33.4 Å². The minimum Gasteiger partial charge on any atom is -0.455 e. The summed E-state index contributed by atoms with van der Waals surface area (Å²) < 4.78 is 6.43. The predicted molar refractivity (Wildman–Crippen MR) is 232 cm³/mol. The summed E-state index contributed by atoms with van der Waals surface area (Å²) in [5, 5.41) is 7.10. The van der Waals surface area contributed by atoms with Crippen molar-refractivity contribution < 1.29 is 4.42 Å². The number of rotatable bonds is 5. The molecule has 1 aliphatic carbocycles. The molecule has 0 saturated carbocycles. The molecule has 55 heavy (non-hydrogen) atoms. The van der Waals surface area contributed by atoms with Gasteiger partial charge in [0.25, 0.3) is 0 Å². The Morgan fingerprint density at radius 2 is 1.04 bits per heavy atom. The van der Waals surface area contributed by atoms with Crippen LogP contribution >= 0.6 is 0 Å². The Bertz CT molecular complexity index is 3120. The van der Waals surface area contributed by atoms with E-state index in [2.05, 4.69) is 195 Å². The highest BCUT2D eigenvalue weighted by Crippen LogP contribution is 2.51. The third kappa shape index (κ3) is 4.95. The Balaban J connectivity index is 1.05. The summed E-state index contributed by atoms with van der Waals surface area (Å²) in [5.41, 5.74) is 15.3. The van der Waals surface area contributed by atoms with Crippen LogP contribution in [0.25, 0.3) is 76.9 Å². The van der Waals surface area contributed by atoms with E-state index in [1.54, 1.807) is 0 Å². The van der Waals surface area contributed by atoms with E-state index in [0.717, 1.165) is 55.5 Å². The fourth-order valence-corrected chi connectivity index (χ4v) is 9.07. The molecule has 11 rings (SSSR count). The van der Waals surface area contributed by atoms with Crippen molar-refractivity contribution in [3.63, 3.8) is 0 Å². The normalized spacial score (nSPS) is 13.1. The van der Waals surface area contributed by atoms with E-state index in [1.165, 1.54) is 49.5 Å². The average Bonchev–Trinajstić information content (AvgIpc) is 3.73. The van der Waals surface area contributed by atoms with Crippen LogP contribution in [0.15, 0.2) is 192 Å². The van der Waals surface area contributed by atoms with Crippen molar-refractivity contribution in [2.75, 3.05) is 4.90 Å². The molecular formula is C53H37NO. The number of fused-ring (bicyclic) bond motifs is 9. The van der Waals surface area contributed by atoms with Crippen LogP contribution in [0.1, 0.15) is 25.0 Å². The Hall–Kier alpha value is -6.90. The van der Waals surface area contributed by atoms with Crippen LogP contribution in [0, 0.1) is 0 Å². The first-order valence-corrected chi connectivity index (χ1v) is 19.1. The average molecular weight is 704 g/mol. The lowest BCUT2D eigenvalue weighted by atomic mass is 9.82. The molecule has 0 radical (unpaired) electrons. The molecule has 1 aliphatic rings. The number of nitrogens with zero attached hydrogens (tertiary/aromatic N) is 1. The fourth-order valence-electron chi connectivity index (χ4n) is 9.07. The molecule has 1 aromatic heterocycles. The lowest BCUT2D eigenvalue weighted by Crippen LogP contribution is -2.15. The van der Waals surface area contributed by atoms with Gasteiger partial charge < -0.3 is 9.32 Å². The number of hydrogen-bond acceptors (Lipinski definition) is 2. The van der Waals surface area contributed by atoms with E-state index in [4.69, 9.17) is 4.42 Å². The van der Waals surface area contributed by atoms with E-state index >= 15 is 0 Å². The predicted octanol–water partition coefficient (Wildman–Crippen LogP) is 15.0. The van der Waals surface area contributed by atoms with Crippen LogP contribution in [0.4, 0.5) is 17.1 Å². The third-order valence-electron chi connectivity index (χ3n) is 11.9. The summed E-state index contributed by atoms with van der Waals surface area (Å²) in [7, 11) is 0. The summed E-state index contributed by atoms with van der Waals surface area (Å²) >= 11 is 0. The molecular weight excluding hydrogens is 667 g/mol. The van der Waals surface area contributed by atoms with Crippen LogP contribution in [-0.4, -0.2) is 0 Å². The van der Waals surface area contributed by atoms with E-state index < -0.39 is 0 Å². The topological polar surface area (TPSA) is 16.4 Å². The first kappa shape index (κ1) is 31.6. The molecule has 0 saturated heterocycles. The van der Waals surface area contributed by atoms with Crippen molar-refractivity contribution in [1.82, 2.24) is 0 Å². The third-order valence-corrected chi connectivity index (χ3v) is 11.9. The van der Waals surface area contributed by atoms with Crippen LogP contribution in [-0.2, 0) is 5.41 Å². The van der Waals surface area contributed by atoms with Crippen LogP contribution < -0.4 is 4.90 Å². The van der Waals surface area contributed by atoms with E-state index in [-0.39, 0.29) is 5.41 Å². The van der Waals surface area contributed by atoms with Gasteiger partial charge in [0.15, 0.2) is 0 Å². The minimum absolute atomic E-state index is 0.0565. The van der Waals surface area contributed by atoms with E-state index in [1.807, 2.05) is 12.1 Å². The van der Waals surface area contributed by atoms with Gasteiger partial charge in [-0.15, -0.1) is 0 Å². The zero-order valence-corrected chi connectivity index (χ0v) is 30.8. The van der Waals surface area contributed by atoms with Crippen molar-refractivity contribution in [1.29, 1.82) is 0 Å². The molecule has 9 aromatic carbocycles. The molecule has 2 heteroatoms. The molecule has 1 heterocycles. The van der Waals surface area contributed by atoms with Crippen LogP contribution in [0.3, 0.4) is 0 Å². The van der Waals surface area contributed by atoms with Gasteiger partial charge in [-0.05, 0) is 115 Å². The molecule has 0 aliphatic heterocycles. The largest absolute Gasteiger partial charge is 0.455 e. The number of benzene rings is 9. The molecule has 0 spiro atoms. The van der Waals surface area contributed by atoms with Gasteiger partial charge in [0, 0.05) is 38.6 Å². The first-order chi connectivity index (χ1) is 27.0. The molecule has 10 aromatic rings.